The third kappa shape index (κ3) is 4.02. The molecule has 1 aromatic heterocycles. The van der Waals surface area contributed by atoms with E-state index in [1.807, 2.05) is 5.38 Å². The fraction of sp³-hybridized carbons (Fsp3) is 0.438. The lowest BCUT2D eigenvalue weighted by molar-refractivity contribution is 0.297. The molecule has 1 aliphatic rings. The van der Waals surface area contributed by atoms with Gasteiger partial charge in [0.25, 0.3) is 0 Å². The van der Waals surface area contributed by atoms with Gasteiger partial charge in [0.1, 0.15) is 18.2 Å². The summed E-state index contributed by atoms with van der Waals surface area (Å²) in [5.41, 5.74) is 1.80. The number of hydrogen-bond donors (Lipinski definition) is 1. The minimum absolute atomic E-state index is 0.225. The monoisotopic (exact) mass is 306 g/mol. The Morgan fingerprint density at radius 3 is 3.00 bits per heavy atom. The number of thiazole rings is 1. The number of aryl methyl sites for hydroxylation is 1. The van der Waals surface area contributed by atoms with Gasteiger partial charge in [-0.2, -0.15) is 0 Å². The van der Waals surface area contributed by atoms with Crippen LogP contribution >= 0.6 is 11.3 Å². The summed E-state index contributed by atoms with van der Waals surface area (Å²) in [5.74, 6) is 0.507. The molecular weight excluding hydrogens is 287 g/mol. The van der Waals surface area contributed by atoms with E-state index in [1.165, 1.54) is 18.9 Å². The molecule has 1 fully saturated rings. The van der Waals surface area contributed by atoms with Gasteiger partial charge in [0.2, 0.25) is 0 Å². The van der Waals surface area contributed by atoms with Crippen LogP contribution in [0, 0.1) is 5.82 Å². The topological polar surface area (TPSA) is 34.1 Å². The molecule has 0 unspecified atom stereocenters. The largest absolute Gasteiger partial charge is 0.487 e. The Morgan fingerprint density at radius 1 is 1.43 bits per heavy atom. The molecule has 1 aliphatic carbocycles. The minimum Gasteiger partial charge on any atom is -0.487 e. The van der Waals surface area contributed by atoms with Crippen molar-refractivity contribution in [3.8, 4) is 5.75 Å². The highest BCUT2D eigenvalue weighted by atomic mass is 32.1. The maximum atomic E-state index is 13.4. The molecule has 1 saturated carbocycles. The second kappa shape index (κ2) is 6.54. The number of rotatable bonds is 7. The molecule has 0 atom stereocenters. The van der Waals surface area contributed by atoms with Crippen molar-refractivity contribution < 1.29 is 9.13 Å². The molecule has 112 valence electrons. The quantitative estimate of drug-likeness (QED) is 0.847. The average molecular weight is 306 g/mol. The van der Waals surface area contributed by atoms with E-state index in [9.17, 15) is 4.39 Å². The number of ether oxygens (including phenoxy) is 1. The first-order valence-electron chi connectivity index (χ1n) is 7.32. The summed E-state index contributed by atoms with van der Waals surface area (Å²) in [4.78, 5) is 4.48. The zero-order chi connectivity index (χ0) is 14.7. The summed E-state index contributed by atoms with van der Waals surface area (Å²) < 4.78 is 19.2. The third-order valence-corrected chi connectivity index (χ3v) is 4.50. The second-order valence-corrected chi connectivity index (χ2v) is 6.22. The van der Waals surface area contributed by atoms with E-state index in [4.69, 9.17) is 4.74 Å². The van der Waals surface area contributed by atoms with Crippen LogP contribution in [0.2, 0.25) is 0 Å². The van der Waals surface area contributed by atoms with Gasteiger partial charge in [0.05, 0.1) is 10.7 Å². The number of halogens is 1. The molecule has 0 amide bonds. The minimum atomic E-state index is -0.225. The maximum Gasteiger partial charge on any atom is 0.131 e. The van der Waals surface area contributed by atoms with Crippen molar-refractivity contribution in [3.05, 3.63) is 45.7 Å². The van der Waals surface area contributed by atoms with Gasteiger partial charge in [0, 0.05) is 23.5 Å². The van der Waals surface area contributed by atoms with E-state index in [2.05, 4.69) is 17.2 Å². The molecule has 0 radical (unpaired) electrons. The Balaban J connectivity index is 1.65. The average Bonchev–Trinajstić information content (AvgIpc) is 3.21. The lowest BCUT2D eigenvalue weighted by atomic mass is 10.2. The lowest BCUT2D eigenvalue weighted by Crippen LogP contribution is -2.16. The molecule has 5 heteroatoms. The Hall–Kier alpha value is -1.46. The molecule has 1 aromatic carbocycles. The summed E-state index contributed by atoms with van der Waals surface area (Å²) in [6.07, 6.45) is 3.37. The van der Waals surface area contributed by atoms with Crippen LogP contribution in [0.25, 0.3) is 0 Å². The van der Waals surface area contributed by atoms with Crippen molar-refractivity contribution in [2.75, 3.05) is 0 Å². The first kappa shape index (κ1) is 14.5. The highest BCUT2D eigenvalue weighted by Crippen LogP contribution is 2.24. The van der Waals surface area contributed by atoms with Gasteiger partial charge in [-0.25, -0.2) is 9.37 Å². The van der Waals surface area contributed by atoms with Crippen molar-refractivity contribution in [1.29, 1.82) is 0 Å². The summed E-state index contributed by atoms with van der Waals surface area (Å²) in [5, 5.41) is 6.52. The first-order valence-corrected chi connectivity index (χ1v) is 8.20. The van der Waals surface area contributed by atoms with Gasteiger partial charge in [-0.1, -0.05) is 6.92 Å². The number of nitrogens with one attached hydrogen (secondary N) is 1. The predicted molar refractivity (Wildman–Crippen MR) is 82.1 cm³/mol. The summed E-state index contributed by atoms with van der Waals surface area (Å²) in [6, 6.07) is 5.27. The van der Waals surface area contributed by atoms with Gasteiger partial charge < -0.3 is 10.1 Å². The molecule has 0 bridgehead atoms. The maximum absolute atomic E-state index is 13.4. The second-order valence-electron chi connectivity index (χ2n) is 5.28. The Morgan fingerprint density at radius 2 is 2.29 bits per heavy atom. The van der Waals surface area contributed by atoms with Crippen LogP contribution in [0.5, 0.6) is 5.75 Å². The van der Waals surface area contributed by atoms with Gasteiger partial charge in [0.15, 0.2) is 0 Å². The molecule has 1 heterocycles. The van der Waals surface area contributed by atoms with Crippen LogP contribution in [-0.2, 0) is 19.6 Å². The molecule has 3 rings (SSSR count). The van der Waals surface area contributed by atoms with Crippen LogP contribution in [0.1, 0.15) is 36.0 Å². The van der Waals surface area contributed by atoms with E-state index >= 15 is 0 Å². The van der Waals surface area contributed by atoms with E-state index in [0.717, 1.165) is 28.4 Å². The van der Waals surface area contributed by atoms with Gasteiger partial charge >= 0.3 is 0 Å². The van der Waals surface area contributed by atoms with Gasteiger partial charge in [-0.3, -0.25) is 0 Å². The number of aromatic nitrogens is 1. The highest BCUT2D eigenvalue weighted by molar-refractivity contribution is 7.09. The Kier molecular flexibility index (Phi) is 4.51. The molecule has 1 N–H and O–H groups in total. The van der Waals surface area contributed by atoms with Crippen LogP contribution in [0.4, 0.5) is 4.39 Å². The smallest absolute Gasteiger partial charge is 0.131 e. The van der Waals surface area contributed by atoms with E-state index in [-0.39, 0.29) is 5.82 Å². The van der Waals surface area contributed by atoms with Gasteiger partial charge in [-0.15, -0.1) is 11.3 Å². The standard InChI is InChI=1S/C16H19FN2OS/c1-2-16-19-14(10-21-16)9-20-15-6-3-12(17)7-11(15)8-18-13-4-5-13/h3,6-7,10,13,18H,2,4-5,8-9H2,1H3. The fourth-order valence-electron chi connectivity index (χ4n) is 2.10. The molecule has 3 nitrogen and oxygen atoms in total. The van der Waals surface area contributed by atoms with Crippen molar-refractivity contribution in [2.24, 2.45) is 0 Å². The number of benzene rings is 1. The molecule has 0 spiro atoms. The predicted octanol–water partition coefficient (Wildman–Crippen LogP) is 3.68. The lowest BCUT2D eigenvalue weighted by Gasteiger charge is -2.11. The van der Waals surface area contributed by atoms with Gasteiger partial charge in [-0.05, 0) is 37.5 Å². The van der Waals surface area contributed by atoms with Crippen molar-refractivity contribution >= 4 is 11.3 Å². The fourth-order valence-corrected chi connectivity index (χ4v) is 2.83. The van der Waals surface area contributed by atoms with Crippen LogP contribution in [-0.4, -0.2) is 11.0 Å². The van der Waals surface area contributed by atoms with Crippen molar-refractivity contribution in [1.82, 2.24) is 10.3 Å². The van der Waals surface area contributed by atoms with Crippen LogP contribution in [0.3, 0.4) is 0 Å². The third-order valence-electron chi connectivity index (χ3n) is 3.46. The molecule has 0 aliphatic heterocycles. The summed E-state index contributed by atoms with van der Waals surface area (Å²) in [6.45, 7) is 3.17. The first-order chi connectivity index (χ1) is 10.2. The van der Waals surface area contributed by atoms with E-state index < -0.39 is 0 Å². The number of hydrogen-bond acceptors (Lipinski definition) is 4. The molecule has 21 heavy (non-hydrogen) atoms. The summed E-state index contributed by atoms with van der Waals surface area (Å²) in [7, 11) is 0. The zero-order valence-corrected chi connectivity index (χ0v) is 12.9. The summed E-state index contributed by atoms with van der Waals surface area (Å²) >= 11 is 1.65. The normalized spacial score (nSPS) is 14.4. The van der Waals surface area contributed by atoms with E-state index in [1.54, 1.807) is 23.5 Å². The van der Waals surface area contributed by atoms with Crippen LogP contribution < -0.4 is 10.1 Å². The Labute approximate surface area is 128 Å². The molecule has 2 aromatic rings. The molecular formula is C16H19FN2OS. The van der Waals surface area contributed by atoms with Crippen molar-refractivity contribution in [2.45, 2.75) is 45.4 Å². The van der Waals surface area contributed by atoms with Crippen LogP contribution in [0.15, 0.2) is 23.6 Å². The Bertz CT molecular complexity index is 610. The number of nitrogens with zero attached hydrogens (tertiary/aromatic N) is 1. The SMILES string of the molecule is CCc1nc(COc2ccc(F)cc2CNC2CC2)cs1. The molecule has 0 saturated heterocycles. The van der Waals surface area contributed by atoms with Crippen molar-refractivity contribution in [3.63, 3.8) is 0 Å². The zero-order valence-electron chi connectivity index (χ0n) is 12.1. The highest BCUT2D eigenvalue weighted by Gasteiger charge is 2.20. The van der Waals surface area contributed by atoms with E-state index in [0.29, 0.717) is 19.2 Å².